The molecule has 0 saturated carbocycles. The molecule has 0 bridgehead atoms. The van der Waals surface area contributed by atoms with Gasteiger partial charge in [-0.25, -0.2) is 9.07 Å². The number of halogens is 1. The smallest absolute Gasteiger partial charge is 0.151 e. The minimum absolute atomic E-state index is 0.0662. The highest BCUT2D eigenvalue weighted by Gasteiger charge is 2.14. The Hall–Kier alpha value is -2.08. The van der Waals surface area contributed by atoms with Crippen molar-refractivity contribution < 1.29 is 9.50 Å². The molecule has 5 N–H and O–H groups in total. The number of anilines is 2. The normalized spacial score (nSPS) is 10.7. The fourth-order valence-corrected chi connectivity index (χ4v) is 1.65. The Morgan fingerprint density at radius 3 is 2.76 bits per heavy atom. The van der Waals surface area contributed by atoms with E-state index in [2.05, 4.69) is 5.10 Å². The van der Waals surface area contributed by atoms with Crippen molar-refractivity contribution in [2.45, 2.75) is 6.42 Å². The van der Waals surface area contributed by atoms with Crippen molar-refractivity contribution >= 4 is 11.6 Å². The average molecular weight is 236 g/mol. The van der Waals surface area contributed by atoms with Gasteiger partial charge < -0.3 is 16.6 Å². The lowest BCUT2D eigenvalue weighted by atomic mass is 10.2. The van der Waals surface area contributed by atoms with E-state index in [0.717, 1.165) is 0 Å². The summed E-state index contributed by atoms with van der Waals surface area (Å²) in [4.78, 5) is 0. The summed E-state index contributed by atoms with van der Waals surface area (Å²) in [6.07, 6.45) is 0.326. The van der Waals surface area contributed by atoms with Gasteiger partial charge in [0.2, 0.25) is 0 Å². The fraction of sp³-hybridized carbons (Fsp3) is 0.182. The molecule has 0 aliphatic heterocycles. The van der Waals surface area contributed by atoms with Gasteiger partial charge in [-0.1, -0.05) is 6.07 Å². The van der Waals surface area contributed by atoms with Crippen LogP contribution in [0.25, 0.3) is 5.69 Å². The highest BCUT2D eigenvalue weighted by Crippen LogP contribution is 2.23. The zero-order valence-corrected chi connectivity index (χ0v) is 9.10. The average Bonchev–Trinajstić information content (AvgIpc) is 2.57. The maximum absolute atomic E-state index is 13.1. The first kappa shape index (κ1) is 11.4. The number of hydrogen-bond donors (Lipinski definition) is 3. The molecule has 17 heavy (non-hydrogen) atoms. The second-order valence-electron chi connectivity index (χ2n) is 3.61. The molecule has 0 aliphatic carbocycles. The van der Waals surface area contributed by atoms with Crippen LogP contribution in [-0.2, 0) is 6.42 Å². The summed E-state index contributed by atoms with van der Waals surface area (Å²) in [6, 6.07) is 5.88. The van der Waals surface area contributed by atoms with Gasteiger partial charge in [0.15, 0.2) is 5.82 Å². The third-order valence-corrected chi connectivity index (χ3v) is 2.47. The van der Waals surface area contributed by atoms with Crippen molar-refractivity contribution in [2.24, 2.45) is 0 Å². The van der Waals surface area contributed by atoms with Crippen LogP contribution in [-0.4, -0.2) is 21.5 Å². The van der Waals surface area contributed by atoms with Crippen LogP contribution < -0.4 is 11.5 Å². The third kappa shape index (κ3) is 2.07. The monoisotopic (exact) mass is 236 g/mol. The Kier molecular flexibility index (Phi) is 2.97. The Labute approximate surface area is 97.5 Å². The van der Waals surface area contributed by atoms with Gasteiger partial charge in [0.05, 0.1) is 5.69 Å². The highest BCUT2D eigenvalue weighted by molar-refractivity contribution is 5.58. The molecule has 0 unspecified atom stereocenters. The van der Waals surface area contributed by atoms with Gasteiger partial charge in [0.1, 0.15) is 11.6 Å². The van der Waals surface area contributed by atoms with Crippen LogP contribution in [0.2, 0.25) is 0 Å². The number of aromatic nitrogens is 2. The summed E-state index contributed by atoms with van der Waals surface area (Å²) in [7, 11) is 0. The van der Waals surface area contributed by atoms with Gasteiger partial charge in [-0.2, -0.15) is 0 Å². The van der Waals surface area contributed by atoms with E-state index in [1.54, 1.807) is 12.1 Å². The molecule has 6 heteroatoms. The zero-order chi connectivity index (χ0) is 12.4. The van der Waals surface area contributed by atoms with Crippen molar-refractivity contribution in [1.82, 2.24) is 9.78 Å². The standard InChI is InChI=1S/C11H13FN4O/c12-7-2-1-3-8(6-7)16-11(14)9(4-5-17)10(13)15-16/h1-3,6,17H,4-5,14H2,(H2,13,15). The number of aliphatic hydroxyl groups excluding tert-OH is 1. The number of rotatable bonds is 3. The lowest BCUT2D eigenvalue weighted by Gasteiger charge is -2.04. The molecule has 1 aromatic heterocycles. The van der Waals surface area contributed by atoms with Crippen LogP contribution in [0.3, 0.4) is 0 Å². The van der Waals surface area contributed by atoms with E-state index in [-0.39, 0.29) is 18.2 Å². The molecular formula is C11H13FN4O. The lowest BCUT2D eigenvalue weighted by Crippen LogP contribution is -2.04. The minimum atomic E-state index is -0.375. The van der Waals surface area contributed by atoms with Crippen LogP contribution in [0.15, 0.2) is 24.3 Å². The van der Waals surface area contributed by atoms with Gasteiger partial charge in [-0.05, 0) is 18.2 Å². The molecule has 1 heterocycles. The quantitative estimate of drug-likeness (QED) is 0.732. The number of aliphatic hydroxyl groups is 1. The van der Waals surface area contributed by atoms with Crippen molar-refractivity contribution in [1.29, 1.82) is 0 Å². The maximum Gasteiger partial charge on any atom is 0.151 e. The third-order valence-electron chi connectivity index (χ3n) is 2.47. The van der Waals surface area contributed by atoms with Crippen molar-refractivity contribution in [3.8, 4) is 5.69 Å². The van der Waals surface area contributed by atoms with Crippen LogP contribution in [0, 0.1) is 5.82 Å². The van der Waals surface area contributed by atoms with Gasteiger partial charge >= 0.3 is 0 Å². The Morgan fingerprint density at radius 2 is 2.12 bits per heavy atom. The Morgan fingerprint density at radius 1 is 1.35 bits per heavy atom. The van der Waals surface area contributed by atoms with E-state index in [4.69, 9.17) is 16.6 Å². The molecule has 0 fully saturated rings. The first-order chi connectivity index (χ1) is 8.13. The van der Waals surface area contributed by atoms with Crippen LogP contribution in [0.4, 0.5) is 16.0 Å². The van der Waals surface area contributed by atoms with Crippen molar-refractivity contribution in [3.63, 3.8) is 0 Å². The topological polar surface area (TPSA) is 90.1 Å². The van der Waals surface area contributed by atoms with Crippen LogP contribution in [0.5, 0.6) is 0 Å². The van der Waals surface area contributed by atoms with Gasteiger partial charge in [-0.15, -0.1) is 5.10 Å². The molecule has 2 aromatic rings. The molecule has 1 aromatic carbocycles. The summed E-state index contributed by atoms with van der Waals surface area (Å²) in [6.45, 7) is -0.0662. The fourth-order valence-electron chi connectivity index (χ4n) is 1.65. The highest BCUT2D eigenvalue weighted by atomic mass is 19.1. The number of nitrogen functional groups attached to an aromatic ring is 2. The number of hydrogen-bond acceptors (Lipinski definition) is 4. The summed E-state index contributed by atoms with van der Waals surface area (Å²) in [5.41, 5.74) is 12.6. The second-order valence-corrected chi connectivity index (χ2v) is 3.61. The molecule has 0 saturated heterocycles. The SMILES string of the molecule is Nc1nn(-c2cccc(F)c2)c(N)c1CCO. The molecule has 0 amide bonds. The number of nitrogens with two attached hydrogens (primary N) is 2. The molecule has 5 nitrogen and oxygen atoms in total. The molecular weight excluding hydrogens is 223 g/mol. The minimum Gasteiger partial charge on any atom is -0.396 e. The van der Waals surface area contributed by atoms with E-state index in [1.165, 1.54) is 16.8 Å². The number of nitrogens with zero attached hydrogens (tertiary/aromatic N) is 2. The van der Waals surface area contributed by atoms with Crippen molar-refractivity contribution in [2.75, 3.05) is 18.1 Å². The van der Waals surface area contributed by atoms with Crippen molar-refractivity contribution in [3.05, 3.63) is 35.6 Å². The van der Waals surface area contributed by atoms with E-state index in [0.29, 0.717) is 23.5 Å². The van der Waals surface area contributed by atoms with Crippen LogP contribution in [0.1, 0.15) is 5.56 Å². The zero-order valence-electron chi connectivity index (χ0n) is 9.10. The first-order valence-corrected chi connectivity index (χ1v) is 5.13. The first-order valence-electron chi connectivity index (χ1n) is 5.13. The van der Waals surface area contributed by atoms with Gasteiger partial charge in [0.25, 0.3) is 0 Å². The Balaban J connectivity index is 2.50. The van der Waals surface area contributed by atoms with Gasteiger partial charge in [-0.3, -0.25) is 0 Å². The molecule has 90 valence electrons. The van der Waals surface area contributed by atoms with E-state index < -0.39 is 0 Å². The predicted molar refractivity (Wildman–Crippen MR) is 63.1 cm³/mol. The Bertz CT molecular complexity index is 538. The predicted octanol–water partition coefficient (Wildman–Crippen LogP) is 0.711. The summed E-state index contributed by atoms with van der Waals surface area (Å²) in [5, 5.41) is 12.9. The van der Waals surface area contributed by atoms with E-state index in [1.807, 2.05) is 0 Å². The molecule has 0 spiro atoms. The molecule has 0 aliphatic rings. The van der Waals surface area contributed by atoms with Gasteiger partial charge in [0, 0.05) is 18.6 Å². The molecule has 2 rings (SSSR count). The molecule has 0 atom stereocenters. The van der Waals surface area contributed by atoms with E-state index in [9.17, 15) is 4.39 Å². The summed E-state index contributed by atoms with van der Waals surface area (Å²) >= 11 is 0. The summed E-state index contributed by atoms with van der Waals surface area (Å²) < 4.78 is 14.5. The van der Waals surface area contributed by atoms with Crippen LogP contribution >= 0.6 is 0 Å². The molecule has 0 radical (unpaired) electrons. The lowest BCUT2D eigenvalue weighted by molar-refractivity contribution is 0.300. The largest absolute Gasteiger partial charge is 0.396 e. The number of benzene rings is 1. The second kappa shape index (κ2) is 4.42. The summed E-state index contributed by atoms with van der Waals surface area (Å²) in [5.74, 6) is 0.197. The maximum atomic E-state index is 13.1. The van der Waals surface area contributed by atoms with E-state index >= 15 is 0 Å².